The Morgan fingerprint density at radius 3 is 2.10 bits per heavy atom. The number of carbonyl (C=O) groups excluding carboxylic acids is 1. The fourth-order valence-corrected chi connectivity index (χ4v) is 2.80. The zero-order chi connectivity index (χ0) is 14.8. The predicted molar refractivity (Wildman–Crippen MR) is 85.4 cm³/mol. The summed E-state index contributed by atoms with van der Waals surface area (Å²) >= 11 is 0. The molecule has 0 aliphatic carbocycles. The predicted octanol–water partition coefficient (Wildman–Crippen LogP) is 4.31. The molecule has 3 nitrogen and oxygen atoms in total. The lowest BCUT2D eigenvalue weighted by Crippen LogP contribution is -2.19. The van der Waals surface area contributed by atoms with Crippen LogP contribution in [0.25, 0.3) is 21.8 Å². The lowest BCUT2D eigenvalue weighted by atomic mass is 10.2. The third-order valence-electron chi connectivity index (χ3n) is 3.79. The van der Waals surface area contributed by atoms with Crippen molar-refractivity contribution in [2.45, 2.75) is 26.3 Å². The fourth-order valence-electron chi connectivity index (χ4n) is 2.80. The van der Waals surface area contributed by atoms with Crippen molar-refractivity contribution in [1.82, 2.24) is 4.57 Å². The minimum atomic E-state index is -0.332. The molecule has 0 N–H and O–H groups in total. The standard InChI is InChI=1S/C18H19NO2/c1-3-12-21-18(20)13(2)19-16-10-6-4-8-14(16)15-9-5-7-11-17(15)19/h4-11,13H,3,12H2,1-2H3. The van der Waals surface area contributed by atoms with Crippen LogP contribution in [0.5, 0.6) is 0 Å². The summed E-state index contributed by atoms with van der Waals surface area (Å²) in [6, 6.07) is 16.0. The number of para-hydroxylation sites is 2. The second-order valence-electron chi connectivity index (χ2n) is 5.25. The van der Waals surface area contributed by atoms with E-state index in [0.29, 0.717) is 6.61 Å². The van der Waals surface area contributed by atoms with Gasteiger partial charge in [-0.2, -0.15) is 0 Å². The maximum absolute atomic E-state index is 12.2. The van der Waals surface area contributed by atoms with Gasteiger partial charge in [0, 0.05) is 21.8 Å². The number of esters is 1. The van der Waals surface area contributed by atoms with Gasteiger partial charge in [0.25, 0.3) is 0 Å². The second kappa shape index (κ2) is 5.60. The highest BCUT2D eigenvalue weighted by atomic mass is 16.5. The molecular formula is C18H19NO2. The molecule has 0 amide bonds. The van der Waals surface area contributed by atoms with Crippen LogP contribution in [-0.2, 0) is 9.53 Å². The van der Waals surface area contributed by atoms with Crippen molar-refractivity contribution in [1.29, 1.82) is 0 Å². The van der Waals surface area contributed by atoms with Crippen LogP contribution in [0.15, 0.2) is 48.5 Å². The number of nitrogens with zero attached hydrogens (tertiary/aromatic N) is 1. The Labute approximate surface area is 124 Å². The Hall–Kier alpha value is -2.29. The lowest BCUT2D eigenvalue weighted by molar-refractivity contribution is -0.146. The van der Waals surface area contributed by atoms with Gasteiger partial charge in [0.05, 0.1) is 6.61 Å². The Kier molecular flexibility index (Phi) is 3.65. The Morgan fingerprint density at radius 2 is 1.57 bits per heavy atom. The molecule has 1 atom stereocenters. The Balaban J connectivity index is 2.17. The molecule has 0 saturated carbocycles. The molecule has 21 heavy (non-hydrogen) atoms. The van der Waals surface area contributed by atoms with Crippen LogP contribution in [0, 0.1) is 0 Å². The van der Waals surface area contributed by atoms with Crippen molar-refractivity contribution in [3.8, 4) is 0 Å². The number of benzene rings is 2. The van der Waals surface area contributed by atoms with E-state index in [4.69, 9.17) is 4.74 Å². The second-order valence-corrected chi connectivity index (χ2v) is 5.25. The van der Waals surface area contributed by atoms with Crippen LogP contribution in [0.3, 0.4) is 0 Å². The first-order valence-electron chi connectivity index (χ1n) is 7.38. The molecule has 0 radical (unpaired) electrons. The Morgan fingerprint density at radius 1 is 1.05 bits per heavy atom. The number of rotatable bonds is 4. The number of hydrogen-bond donors (Lipinski definition) is 0. The SMILES string of the molecule is CCCOC(=O)C(C)n1c2ccccc2c2ccccc21. The average Bonchev–Trinajstić information content (AvgIpc) is 2.86. The van der Waals surface area contributed by atoms with Crippen LogP contribution < -0.4 is 0 Å². The van der Waals surface area contributed by atoms with Gasteiger partial charge in [-0.3, -0.25) is 0 Å². The Bertz CT molecular complexity index is 735. The molecule has 0 saturated heterocycles. The number of fused-ring (bicyclic) bond motifs is 3. The summed E-state index contributed by atoms with van der Waals surface area (Å²) < 4.78 is 7.39. The van der Waals surface area contributed by atoms with Gasteiger partial charge in [-0.05, 0) is 25.5 Å². The lowest BCUT2D eigenvalue weighted by Gasteiger charge is -2.15. The highest BCUT2D eigenvalue weighted by Gasteiger charge is 2.21. The van der Waals surface area contributed by atoms with Gasteiger partial charge in [-0.15, -0.1) is 0 Å². The molecule has 3 heteroatoms. The van der Waals surface area contributed by atoms with E-state index in [-0.39, 0.29) is 12.0 Å². The molecule has 2 aromatic carbocycles. The van der Waals surface area contributed by atoms with Gasteiger partial charge < -0.3 is 9.30 Å². The smallest absolute Gasteiger partial charge is 0.328 e. The van der Waals surface area contributed by atoms with E-state index in [9.17, 15) is 4.79 Å². The maximum atomic E-state index is 12.2. The molecule has 3 aromatic rings. The largest absolute Gasteiger partial charge is 0.464 e. The summed E-state index contributed by atoms with van der Waals surface area (Å²) in [6.45, 7) is 4.37. The van der Waals surface area contributed by atoms with Gasteiger partial charge in [-0.25, -0.2) is 4.79 Å². The zero-order valence-corrected chi connectivity index (χ0v) is 12.4. The summed E-state index contributed by atoms with van der Waals surface area (Å²) in [5, 5.41) is 2.34. The first-order chi connectivity index (χ1) is 10.2. The molecule has 1 heterocycles. The first kappa shape index (κ1) is 13.7. The van der Waals surface area contributed by atoms with Gasteiger partial charge in [0.2, 0.25) is 0 Å². The van der Waals surface area contributed by atoms with E-state index in [1.807, 2.05) is 38.1 Å². The molecule has 1 aromatic heterocycles. The third kappa shape index (κ3) is 2.29. The fraction of sp³-hybridized carbons (Fsp3) is 0.278. The molecule has 0 spiro atoms. The molecule has 0 aliphatic heterocycles. The van der Waals surface area contributed by atoms with Gasteiger partial charge >= 0.3 is 5.97 Å². The third-order valence-corrected chi connectivity index (χ3v) is 3.79. The highest BCUT2D eigenvalue weighted by molar-refractivity contribution is 6.08. The number of hydrogen-bond acceptors (Lipinski definition) is 2. The maximum Gasteiger partial charge on any atom is 0.328 e. The van der Waals surface area contributed by atoms with Crippen molar-refractivity contribution >= 4 is 27.8 Å². The molecule has 0 bridgehead atoms. The normalized spacial score (nSPS) is 12.7. The van der Waals surface area contributed by atoms with E-state index >= 15 is 0 Å². The minimum Gasteiger partial charge on any atom is -0.464 e. The van der Waals surface area contributed by atoms with E-state index in [2.05, 4.69) is 28.8 Å². The highest BCUT2D eigenvalue weighted by Crippen LogP contribution is 2.31. The molecule has 0 aliphatic rings. The molecular weight excluding hydrogens is 262 g/mol. The quantitative estimate of drug-likeness (QED) is 0.667. The van der Waals surface area contributed by atoms with E-state index < -0.39 is 0 Å². The van der Waals surface area contributed by atoms with Crippen LogP contribution in [0.2, 0.25) is 0 Å². The van der Waals surface area contributed by atoms with Crippen molar-refractivity contribution in [3.63, 3.8) is 0 Å². The van der Waals surface area contributed by atoms with Crippen LogP contribution >= 0.6 is 0 Å². The molecule has 0 fully saturated rings. The van der Waals surface area contributed by atoms with E-state index in [1.165, 1.54) is 10.8 Å². The van der Waals surface area contributed by atoms with E-state index in [1.54, 1.807) is 0 Å². The monoisotopic (exact) mass is 281 g/mol. The van der Waals surface area contributed by atoms with Crippen molar-refractivity contribution in [2.24, 2.45) is 0 Å². The summed E-state index contributed by atoms with van der Waals surface area (Å²) in [7, 11) is 0. The van der Waals surface area contributed by atoms with E-state index in [0.717, 1.165) is 17.5 Å². The topological polar surface area (TPSA) is 31.2 Å². The van der Waals surface area contributed by atoms with Crippen LogP contribution in [0.4, 0.5) is 0 Å². The summed E-state index contributed by atoms with van der Waals surface area (Å²) in [4.78, 5) is 12.2. The van der Waals surface area contributed by atoms with Crippen molar-refractivity contribution in [2.75, 3.05) is 6.61 Å². The van der Waals surface area contributed by atoms with Crippen LogP contribution in [0.1, 0.15) is 26.3 Å². The number of ether oxygens (including phenoxy) is 1. The summed E-state index contributed by atoms with van der Waals surface area (Å²) in [5.41, 5.74) is 2.14. The minimum absolute atomic E-state index is 0.177. The van der Waals surface area contributed by atoms with Gasteiger partial charge in [0.15, 0.2) is 0 Å². The number of carbonyl (C=O) groups is 1. The van der Waals surface area contributed by atoms with Crippen molar-refractivity contribution < 1.29 is 9.53 Å². The van der Waals surface area contributed by atoms with Crippen LogP contribution in [-0.4, -0.2) is 17.1 Å². The summed E-state index contributed by atoms with van der Waals surface area (Å²) in [5.74, 6) is -0.177. The molecule has 3 rings (SSSR count). The molecule has 108 valence electrons. The first-order valence-corrected chi connectivity index (χ1v) is 7.38. The van der Waals surface area contributed by atoms with Crippen molar-refractivity contribution in [3.05, 3.63) is 48.5 Å². The summed E-state index contributed by atoms with van der Waals surface area (Å²) in [6.07, 6.45) is 0.839. The number of aromatic nitrogens is 1. The average molecular weight is 281 g/mol. The van der Waals surface area contributed by atoms with Gasteiger partial charge in [-0.1, -0.05) is 43.3 Å². The zero-order valence-electron chi connectivity index (χ0n) is 12.4. The van der Waals surface area contributed by atoms with Gasteiger partial charge in [0.1, 0.15) is 6.04 Å². The molecule has 1 unspecified atom stereocenters.